The number of carbonyl (C=O) groups excluding carboxylic acids is 1. The van der Waals surface area contributed by atoms with Crippen molar-refractivity contribution >= 4 is 5.97 Å². The molecule has 0 aromatic carbocycles. The fraction of sp³-hybridized carbons (Fsp3) is 0.900. The fourth-order valence-corrected chi connectivity index (χ4v) is 1.43. The molecule has 0 bridgehead atoms. The number of methoxy groups -OCH3 is 1. The van der Waals surface area contributed by atoms with Crippen molar-refractivity contribution in [2.24, 2.45) is 11.8 Å². The lowest BCUT2D eigenvalue weighted by Gasteiger charge is -2.29. The highest BCUT2D eigenvalue weighted by Gasteiger charge is 2.34. The molecule has 0 aliphatic carbocycles. The predicted molar refractivity (Wildman–Crippen MR) is 51.3 cm³/mol. The van der Waals surface area contributed by atoms with Gasteiger partial charge in [-0.2, -0.15) is 0 Å². The Balaban J connectivity index is 4.34. The van der Waals surface area contributed by atoms with Crippen molar-refractivity contribution in [2.45, 2.75) is 39.7 Å². The minimum Gasteiger partial charge on any atom is -0.469 e. The Morgan fingerprint density at radius 1 is 1.46 bits per heavy atom. The summed E-state index contributed by atoms with van der Waals surface area (Å²) in [6, 6.07) is 0. The highest BCUT2D eigenvalue weighted by Crippen LogP contribution is 2.25. The molecule has 2 atom stereocenters. The summed E-state index contributed by atoms with van der Waals surface area (Å²) in [5.41, 5.74) is -0.971. The molecule has 0 saturated carbocycles. The normalized spacial score (nSPS) is 18.1. The Labute approximate surface area is 80.1 Å². The second-order valence-corrected chi connectivity index (χ2v) is 4.20. The van der Waals surface area contributed by atoms with Crippen LogP contribution in [0.2, 0.25) is 0 Å². The topological polar surface area (TPSA) is 46.5 Å². The van der Waals surface area contributed by atoms with Crippen molar-refractivity contribution in [1.82, 2.24) is 0 Å². The molecule has 3 nitrogen and oxygen atoms in total. The molecule has 0 aliphatic rings. The molecular formula is C10H20O3. The van der Waals surface area contributed by atoms with E-state index in [-0.39, 0.29) is 5.97 Å². The fourth-order valence-electron chi connectivity index (χ4n) is 1.43. The van der Waals surface area contributed by atoms with Crippen molar-refractivity contribution in [2.75, 3.05) is 7.11 Å². The van der Waals surface area contributed by atoms with Gasteiger partial charge in [-0.15, -0.1) is 0 Å². The molecular weight excluding hydrogens is 168 g/mol. The van der Waals surface area contributed by atoms with Crippen molar-refractivity contribution < 1.29 is 14.6 Å². The van der Waals surface area contributed by atoms with E-state index in [0.29, 0.717) is 12.3 Å². The highest BCUT2D eigenvalue weighted by atomic mass is 16.5. The first-order valence-electron chi connectivity index (χ1n) is 4.61. The molecule has 0 radical (unpaired) electrons. The largest absolute Gasteiger partial charge is 0.469 e. The Bertz CT molecular complexity index is 173. The van der Waals surface area contributed by atoms with Crippen LogP contribution in [-0.2, 0) is 9.53 Å². The van der Waals surface area contributed by atoms with E-state index in [1.54, 1.807) is 13.8 Å². The predicted octanol–water partition coefficient (Wildman–Crippen LogP) is 1.59. The molecule has 0 aromatic heterocycles. The van der Waals surface area contributed by atoms with Gasteiger partial charge >= 0.3 is 5.97 Å². The Morgan fingerprint density at radius 2 is 1.92 bits per heavy atom. The van der Waals surface area contributed by atoms with E-state index in [0.717, 1.165) is 0 Å². The van der Waals surface area contributed by atoms with Crippen LogP contribution in [0.25, 0.3) is 0 Å². The summed E-state index contributed by atoms with van der Waals surface area (Å²) in [5.74, 6) is -0.465. The van der Waals surface area contributed by atoms with Crippen LogP contribution in [0.5, 0.6) is 0 Å². The molecule has 1 N–H and O–H groups in total. The van der Waals surface area contributed by atoms with Crippen LogP contribution in [-0.4, -0.2) is 23.8 Å². The molecule has 0 heterocycles. The minimum absolute atomic E-state index is 0.356. The zero-order valence-corrected chi connectivity index (χ0v) is 9.13. The second kappa shape index (κ2) is 4.61. The average molecular weight is 188 g/mol. The van der Waals surface area contributed by atoms with Crippen molar-refractivity contribution in [1.29, 1.82) is 0 Å². The minimum atomic E-state index is -0.971. The van der Waals surface area contributed by atoms with E-state index in [2.05, 4.69) is 4.74 Å². The van der Waals surface area contributed by atoms with Crippen LogP contribution in [0.4, 0.5) is 0 Å². The van der Waals surface area contributed by atoms with E-state index in [1.165, 1.54) is 7.11 Å². The van der Waals surface area contributed by atoms with E-state index in [9.17, 15) is 9.90 Å². The van der Waals surface area contributed by atoms with Crippen LogP contribution < -0.4 is 0 Å². The zero-order valence-electron chi connectivity index (χ0n) is 9.13. The van der Waals surface area contributed by atoms with Gasteiger partial charge in [0.25, 0.3) is 0 Å². The summed E-state index contributed by atoms with van der Waals surface area (Å²) < 4.78 is 4.58. The summed E-state index contributed by atoms with van der Waals surface area (Å²) >= 11 is 0. The molecule has 0 aromatic rings. The van der Waals surface area contributed by atoms with E-state index in [4.69, 9.17) is 0 Å². The lowest BCUT2D eigenvalue weighted by atomic mass is 9.83. The third-order valence-electron chi connectivity index (χ3n) is 2.31. The molecule has 0 spiro atoms. The Morgan fingerprint density at radius 3 is 2.23 bits per heavy atom. The first-order valence-corrected chi connectivity index (χ1v) is 4.61. The average Bonchev–Trinajstić information content (AvgIpc) is 1.99. The van der Waals surface area contributed by atoms with Crippen LogP contribution in [0, 0.1) is 11.8 Å². The molecule has 0 aliphatic heterocycles. The van der Waals surface area contributed by atoms with Crippen molar-refractivity contribution in [3.05, 3.63) is 0 Å². The monoisotopic (exact) mass is 188 g/mol. The van der Waals surface area contributed by atoms with E-state index < -0.39 is 11.5 Å². The maximum atomic E-state index is 11.2. The standard InChI is InChI=1S/C10H20O3/c1-7(2)6-10(4,12)8(3)9(11)13-5/h7-8,12H,6H2,1-5H3. The lowest BCUT2D eigenvalue weighted by molar-refractivity contribution is -0.154. The third-order valence-corrected chi connectivity index (χ3v) is 2.31. The number of rotatable bonds is 4. The summed E-state index contributed by atoms with van der Waals surface area (Å²) in [4.78, 5) is 11.2. The van der Waals surface area contributed by atoms with Gasteiger partial charge in [0.15, 0.2) is 0 Å². The number of ether oxygens (including phenoxy) is 1. The zero-order chi connectivity index (χ0) is 10.6. The molecule has 0 saturated heterocycles. The SMILES string of the molecule is COC(=O)C(C)C(C)(O)CC(C)C. The number of hydrogen-bond donors (Lipinski definition) is 1. The maximum absolute atomic E-state index is 11.2. The Hall–Kier alpha value is -0.570. The van der Waals surface area contributed by atoms with Crippen molar-refractivity contribution in [3.63, 3.8) is 0 Å². The number of aliphatic hydroxyl groups is 1. The third kappa shape index (κ3) is 3.77. The summed E-state index contributed by atoms with van der Waals surface area (Å²) in [6.45, 7) is 7.39. The maximum Gasteiger partial charge on any atom is 0.311 e. The van der Waals surface area contributed by atoms with Crippen molar-refractivity contribution in [3.8, 4) is 0 Å². The van der Waals surface area contributed by atoms with Gasteiger partial charge in [0.1, 0.15) is 0 Å². The first kappa shape index (κ1) is 12.4. The molecule has 2 unspecified atom stereocenters. The highest BCUT2D eigenvalue weighted by molar-refractivity contribution is 5.73. The van der Waals surface area contributed by atoms with Crippen LogP contribution in [0.15, 0.2) is 0 Å². The smallest absolute Gasteiger partial charge is 0.311 e. The van der Waals surface area contributed by atoms with Gasteiger partial charge < -0.3 is 9.84 Å². The van der Waals surface area contributed by atoms with Gasteiger partial charge in [0.2, 0.25) is 0 Å². The first-order chi connectivity index (χ1) is 5.81. The Kier molecular flexibility index (Phi) is 4.40. The van der Waals surface area contributed by atoms with Gasteiger partial charge in [-0.05, 0) is 26.2 Å². The summed E-state index contributed by atoms with van der Waals surface area (Å²) in [6.07, 6.45) is 0.600. The second-order valence-electron chi connectivity index (χ2n) is 4.20. The molecule has 0 fully saturated rings. The van der Waals surface area contributed by atoms with Crippen LogP contribution in [0.3, 0.4) is 0 Å². The van der Waals surface area contributed by atoms with E-state index in [1.807, 2.05) is 13.8 Å². The quantitative estimate of drug-likeness (QED) is 0.681. The summed E-state index contributed by atoms with van der Waals surface area (Å²) in [5, 5.41) is 9.95. The van der Waals surface area contributed by atoms with Gasteiger partial charge in [0.05, 0.1) is 18.6 Å². The summed E-state index contributed by atoms with van der Waals surface area (Å²) in [7, 11) is 1.34. The molecule has 3 heteroatoms. The molecule has 13 heavy (non-hydrogen) atoms. The van der Waals surface area contributed by atoms with Crippen LogP contribution in [0.1, 0.15) is 34.1 Å². The number of hydrogen-bond acceptors (Lipinski definition) is 3. The van der Waals surface area contributed by atoms with Gasteiger partial charge in [0, 0.05) is 0 Å². The van der Waals surface area contributed by atoms with Gasteiger partial charge in [-0.25, -0.2) is 0 Å². The van der Waals surface area contributed by atoms with Crippen LogP contribution >= 0.6 is 0 Å². The lowest BCUT2D eigenvalue weighted by Crippen LogP contribution is -2.39. The molecule has 0 amide bonds. The molecule has 78 valence electrons. The van der Waals surface area contributed by atoms with Gasteiger partial charge in [-0.3, -0.25) is 4.79 Å². The molecule has 0 rings (SSSR count). The number of carbonyl (C=O) groups is 1. The van der Waals surface area contributed by atoms with Gasteiger partial charge in [-0.1, -0.05) is 13.8 Å². The number of esters is 1. The van der Waals surface area contributed by atoms with E-state index >= 15 is 0 Å².